The van der Waals surface area contributed by atoms with Gasteiger partial charge in [0.25, 0.3) is 0 Å². The zero-order valence-electron chi connectivity index (χ0n) is 11.6. The molecule has 0 aliphatic heterocycles. The maximum absolute atomic E-state index is 14.3. The van der Waals surface area contributed by atoms with Crippen LogP contribution < -0.4 is 5.32 Å². The Morgan fingerprint density at radius 2 is 2.05 bits per heavy atom. The largest absolute Gasteiger partial charge is 0.310 e. The Balaban J connectivity index is 2.22. The van der Waals surface area contributed by atoms with Crippen LogP contribution in [0.4, 0.5) is 4.39 Å². The average Bonchev–Trinajstić information content (AvgIpc) is 2.45. The molecule has 0 bridgehead atoms. The molecule has 1 N–H and O–H groups in total. The Morgan fingerprint density at radius 1 is 1.32 bits per heavy atom. The third-order valence-electron chi connectivity index (χ3n) is 4.05. The van der Waals surface area contributed by atoms with Gasteiger partial charge in [-0.1, -0.05) is 38.3 Å². The predicted molar refractivity (Wildman–Crippen MR) is 81.7 cm³/mol. The Bertz CT molecular complexity index is 402. The fourth-order valence-electron chi connectivity index (χ4n) is 3.06. The van der Waals surface area contributed by atoms with Gasteiger partial charge in [0.05, 0.1) is 4.47 Å². The first-order valence-electron chi connectivity index (χ1n) is 7.41. The Labute approximate surface area is 124 Å². The SMILES string of the molecule is CCCNC(c1cccc(Br)c1F)C1CCCCC1. The molecule has 1 nitrogen and oxygen atoms in total. The molecular weight excluding hydrogens is 305 g/mol. The van der Waals surface area contributed by atoms with Gasteiger partial charge in [-0.05, 0) is 53.7 Å². The van der Waals surface area contributed by atoms with Gasteiger partial charge >= 0.3 is 0 Å². The van der Waals surface area contributed by atoms with Gasteiger partial charge in [-0.2, -0.15) is 0 Å². The van der Waals surface area contributed by atoms with E-state index in [9.17, 15) is 4.39 Å². The van der Waals surface area contributed by atoms with Crippen molar-refractivity contribution in [3.05, 3.63) is 34.1 Å². The van der Waals surface area contributed by atoms with Crippen molar-refractivity contribution in [2.75, 3.05) is 6.54 Å². The van der Waals surface area contributed by atoms with Crippen LogP contribution in [0.25, 0.3) is 0 Å². The first-order chi connectivity index (χ1) is 9.24. The number of rotatable bonds is 5. The summed E-state index contributed by atoms with van der Waals surface area (Å²) in [7, 11) is 0. The monoisotopic (exact) mass is 327 g/mol. The van der Waals surface area contributed by atoms with Crippen LogP contribution in [-0.4, -0.2) is 6.54 Å². The van der Waals surface area contributed by atoms with Crippen LogP contribution in [0.15, 0.2) is 22.7 Å². The second-order valence-corrected chi connectivity index (χ2v) is 6.33. The van der Waals surface area contributed by atoms with Gasteiger partial charge in [0, 0.05) is 11.6 Å². The van der Waals surface area contributed by atoms with Crippen molar-refractivity contribution in [2.45, 2.75) is 51.5 Å². The zero-order valence-corrected chi connectivity index (χ0v) is 13.2. The van der Waals surface area contributed by atoms with Crippen molar-refractivity contribution < 1.29 is 4.39 Å². The van der Waals surface area contributed by atoms with Gasteiger partial charge in [-0.25, -0.2) is 4.39 Å². The highest BCUT2D eigenvalue weighted by Crippen LogP contribution is 2.36. The number of nitrogens with one attached hydrogen (secondary N) is 1. The third kappa shape index (κ3) is 3.79. The van der Waals surface area contributed by atoms with E-state index in [4.69, 9.17) is 0 Å². The molecule has 1 fully saturated rings. The second kappa shape index (κ2) is 7.39. The molecule has 0 spiro atoms. The Kier molecular flexibility index (Phi) is 5.83. The molecule has 0 radical (unpaired) electrons. The van der Waals surface area contributed by atoms with Crippen LogP contribution in [0, 0.1) is 11.7 Å². The quantitative estimate of drug-likeness (QED) is 0.782. The minimum absolute atomic E-state index is 0.0957. The first kappa shape index (κ1) is 15.0. The van der Waals surface area contributed by atoms with Gasteiger partial charge in [-0.15, -0.1) is 0 Å². The highest BCUT2D eigenvalue weighted by molar-refractivity contribution is 9.10. The zero-order chi connectivity index (χ0) is 13.7. The normalized spacial score (nSPS) is 18.5. The number of halogens is 2. The highest BCUT2D eigenvalue weighted by Gasteiger charge is 2.27. The first-order valence-corrected chi connectivity index (χ1v) is 8.20. The summed E-state index contributed by atoms with van der Waals surface area (Å²) in [4.78, 5) is 0. The van der Waals surface area contributed by atoms with E-state index < -0.39 is 0 Å². The van der Waals surface area contributed by atoms with E-state index >= 15 is 0 Å². The maximum atomic E-state index is 14.3. The molecule has 1 aromatic rings. The van der Waals surface area contributed by atoms with E-state index in [1.807, 2.05) is 12.1 Å². The van der Waals surface area contributed by atoms with Crippen LogP contribution in [0.5, 0.6) is 0 Å². The molecule has 1 atom stereocenters. The summed E-state index contributed by atoms with van der Waals surface area (Å²) >= 11 is 3.30. The van der Waals surface area contributed by atoms with Crippen LogP contribution in [0.1, 0.15) is 57.1 Å². The van der Waals surface area contributed by atoms with Gasteiger partial charge < -0.3 is 5.32 Å². The third-order valence-corrected chi connectivity index (χ3v) is 4.66. The van der Waals surface area contributed by atoms with Crippen molar-refractivity contribution in [1.82, 2.24) is 5.32 Å². The minimum atomic E-state index is -0.0957. The summed E-state index contributed by atoms with van der Waals surface area (Å²) < 4.78 is 14.9. The van der Waals surface area contributed by atoms with E-state index in [0.29, 0.717) is 10.4 Å². The van der Waals surface area contributed by atoms with E-state index in [1.54, 1.807) is 6.07 Å². The summed E-state index contributed by atoms with van der Waals surface area (Å²) in [5.74, 6) is 0.478. The molecule has 1 saturated carbocycles. The lowest BCUT2D eigenvalue weighted by Gasteiger charge is -2.32. The molecule has 19 heavy (non-hydrogen) atoms. The van der Waals surface area contributed by atoms with Crippen molar-refractivity contribution in [2.24, 2.45) is 5.92 Å². The summed E-state index contributed by atoms with van der Waals surface area (Å²) in [6.45, 7) is 3.11. The van der Waals surface area contributed by atoms with Crippen LogP contribution >= 0.6 is 15.9 Å². The molecule has 1 aliphatic rings. The van der Waals surface area contributed by atoms with E-state index in [1.165, 1.54) is 32.1 Å². The molecule has 0 aromatic heterocycles. The number of hydrogen-bond acceptors (Lipinski definition) is 1. The standard InChI is InChI=1S/C16H23BrFN/c1-2-11-19-16(12-7-4-3-5-8-12)13-9-6-10-14(17)15(13)18/h6,9-10,12,16,19H,2-5,7-8,11H2,1H3. The lowest BCUT2D eigenvalue weighted by molar-refractivity contribution is 0.267. The average molecular weight is 328 g/mol. The molecule has 1 aliphatic carbocycles. The Morgan fingerprint density at radius 3 is 2.74 bits per heavy atom. The van der Waals surface area contributed by atoms with Crippen molar-refractivity contribution in [3.63, 3.8) is 0 Å². The lowest BCUT2D eigenvalue weighted by atomic mass is 9.81. The molecule has 0 amide bonds. The smallest absolute Gasteiger partial charge is 0.142 e. The minimum Gasteiger partial charge on any atom is -0.310 e. The molecule has 3 heteroatoms. The van der Waals surface area contributed by atoms with Gasteiger partial charge in [0.15, 0.2) is 0 Å². The molecule has 106 valence electrons. The summed E-state index contributed by atoms with van der Waals surface area (Å²) in [5, 5.41) is 3.56. The van der Waals surface area contributed by atoms with Crippen LogP contribution in [0.2, 0.25) is 0 Å². The number of hydrogen-bond donors (Lipinski definition) is 1. The fraction of sp³-hybridized carbons (Fsp3) is 0.625. The second-order valence-electron chi connectivity index (χ2n) is 5.47. The topological polar surface area (TPSA) is 12.0 Å². The predicted octanol–water partition coefficient (Wildman–Crippen LogP) is 5.21. The van der Waals surface area contributed by atoms with E-state index in [-0.39, 0.29) is 11.9 Å². The van der Waals surface area contributed by atoms with Gasteiger partial charge in [0.1, 0.15) is 5.82 Å². The molecule has 1 aromatic carbocycles. The van der Waals surface area contributed by atoms with E-state index in [2.05, 4.69) is 28.2 Å². The fourth-order valence-corrected chi connectivity index (χ4v) is 3.44. The summed E-state index contributed by atoms with van der Waals surface area (Å²) in [5.41, 5.74) is 0.828. The highest BCUT2D eigenvalue weighted by atomic mass is 79.9. The van der Waals surface area contributed by atoms with Crippen LogP contribution in [0.3, 0.4) is 0 Å². The molecule has 0 heterocycles. The Hall–Kier alpha value is -0.410. The van der Waals surface area contributed by atoms with Gasteiger partial charge in [0.2, 0.25) is 0 Å². The molecule has 1 unspecified atom stereocenters. The van der Waals surface area contributed by atoms with Crippen LogP contribution in [-0.2, 0) is 0 Å². The number of benzene rings is 1. The van der Waals surface area contributed by atoms with Crippen molar-refractivity contribution in [1.29, 1.82) is 0 Å². The summed E-state index contributed by atoms with van der Waals surface area (Å²) in [6.07, 6.45) is 7.41. The summed E-state index contributed by atoms with van der Waals surface area (Å²) in [6, 6.07) is 5.81. The molecular formula is C16H23BrFN. The molecule has 2 rings (SSSR count). The van der Waals surface area contributed by atoms with Crippen molar-refractivity contribution in [3.8, 4) is 0 Å². The van der Waals surface area contributed by atoms with E-state index in [0.717, 1.165) is 18.5 Å². The maximum Gasteiger partial charge on any atom is 0.142 e. The van der Waals surface area contributed by atoms with Gasteiger partial charge in [-0.3, -0.25) is 0 Å². The molecule has 0 saturated heterocycles. The van der Waals surface area contributed by atoms with Crippen molar-refractivity contribution >= 4 is 15.9 Å². The lowest BCUT2D eigenvalue weighted by Crippen LogP contribution is -2.31.